The van der Waals surface area contributed by atoms with Gasteiger partial charge >= 0.3 is 6.09 Å². The van der Waals surface area contributed by atoms with E-state index in [1.54, 1.807) is 18.2 Å². The second kappa shape index (κ2) is 10.3. The van der Waals surface area contributed by atoms with Crippen LogP contribution in [0.5, 0.6) is 0 Å². The van der Waals surface area contributed by atoms with Gasteiger partial charge in [0.1, 0.15) is 11.2 Å². The minimum absolute atomic E-state index is 0.0237. The molecule has 0 unspecified atom stereocenters. The van der Waals surface area contributed by atoms with Gasteiger partial charge in [0.2, 0.25) is 5.91 Å². The summed E-state index contributed by atoms with van der Waals surface area (Å²) < 4.78 is 11.1. The molecule has 2 N–H and O–H groups in total. The van der Waals surface area contributed by atoms with Crippen molar-refractivity contribution in [1.82, 2.24) is 10.2 Å². The Hall–Kier alpha value is -2.68. The number of thioether (sulfide) groups is 1. The van der Waals surface area contributed by atoms with E-state index in [0.717, 1.165) is 42.8 Å². The Morgan fingerprint density at radius 2 is 1.76 bits per heavy atom. The van der Waals surface area contributed by atoms with Gasteiger partial charge < -0.3 is 24.7 Å². The summed E-state index contributed by atoms with van der Waals surface area (Å²) in [5.41, 5.74) is 0.778. The molecule has 0 bridgehead atoms. The summed E-state index contributed by atoms with van der Waals surface area (Å²) in [7, 11) is 0. The molecule has 0 atom stereocenters. The van der Waals surface area contributed by atoms with Gasteiger partial charge in [0, 0.05) is 47.6 Å². The van der Waals surface area contributed by atoms with E-state index in [1.807, 2.05) is 43.5 Å². The maximum atomic E-state index is 12.8. The monoisotopic (exact) mass is 487 g/mol. The molecular formula is C25H33N3O5S. The largest absolute Gasteiger partial charge is 0.451 e. The average molecular weight is 488 g/mol. The maximum Gasteiger partial charge on any atom is 0.407 e. The smallest absolute Gasteiger partial charge is 0.407 e. The first-order valence-corrected chi connectivity index (χ1v) is 13.0. The van der Waals surface area contributed by atoms with Gasteiger partial charge in [-0.2, -0.15) is 11.8 Å². The molecule has 2 fully saturated rings. The zero-order valence-corrected chi connectivity index (χ0v) is 20.8. The third-order valence-corrected chi connectivity index (χ3v) is 7.05. The standard InChI is InChI=1S/C25H33N3O5S/c1-25(2,3)33-24(31)27-18-6-4-16(5-7-18)22(29)26-19-8-9-20-17(14-19)15-21(32-20)23(30)28-10-12-34-13-11-28/h8-9,14-16,18H,4-7,10-13H2,1-3H3,(H,26,29)(H,27,31)/t16-,18+. The minimum Gasteiger partial charge on any atom is -0.451 e. The van der Waals surface area contributed by atoms with Crippen LogP contribution in [-0.2, 0) is 9.53 Å². The number of benzene rings is 1. The molecule has 4 rings (SSSR count). The van der Waals surface area contributed by atoms with Crippen LogP contribution in [0.15, 0.2) is 28.7 Å². The van der Waals surface area contributed by atoms with Crippen molar-refractivity contribution in [3.8, 4) is 0 Å². The van der Waals surface area contributed by atoms with Crippen LogP contribution in [0.25, 0.3) is 11.0 Å². The molecule has 1 aromatic heterocycles. The Kier molecular flexibility index (Phi) is 7.40. The molecule has 1 aliphatic carbocycles. The van der Waals surface area contributed by atoms with Crippen LogP contribution in [0, 0.1) is 5.92 Å². The van der Waals surface area contributed by atoms with Crippen LogP contribution in [0.3, 0.4) is 0 Å². The summed E-state index contributed by atoms with van der Waals surface area (Å²) >= 11 is 1.85. The predicted molar refractivity (Wildman–Crippen MR) is 133 cm³/mol. The summed E-state index contributed by atoms with van der Waals surface area (Å²) in [5, 5.41) is 6.70. The zero-order valence-electron chi connectivity index (χ0n) is 20.0. The number of hydrogen-bond acceptors (Lipinski definition) is 6. The van der Waals surface area contributed by atoms with E-state index in [-0.39, 0.29) is 23.8 Å². The lowest BCUT2D eigenvalue weighted by Gasteiger charge is -2.29. The van der Waals surface area contributed by atoms with Crippen molar-refractivity contribution in [2.45, 2.75) is 58.1 Å². The third-order valence-electron chi connectivity index (χ3n) is 6.11. The van der Waals surface area contributed by atoms with Gasteiger partial charge in [-0.05, 0) is 70.7 Å². The second-order valence-corrected chi connectivity index (χ2v) is 11.2. The molecule has 8 nitrogen and oxygen atoms in total. The average Bonchev–Trinajstić information content (AvgIpc) is 3.22. The lowest BCUT2D eigenvalue weighted by molar-refractivity contribution is -0.120. The van der Waals surface area contributed by atoms with Gasteiger partial charge in [-0.25, -0.2) is 4.79 Å². The first-order valence-electron chi connectivity index (χ1n) is 11.9. The molecule has 0 radical (unpaired) electrons. The Bertz CT molecular complexity index is 1050. The summed E-state index contributed by atoms with van der Waals surface area (Å²) in [6.07, 6.45) is 2.46. The van der Waals surface area contributed by atoms with Crippen molar-refractivity contribution in [1.29, 1.82) is 0 Å². The van der Waals surface area contributed by atoms with Gasteiger partial charge in [0.25, 0.3) is 5.91 Å². The van der Waals surface area contributed by atoms with E-state index in [9.17, 15) is 14.4 Å². The third kappa shape index (κ3) is 6.25. The van der Waals surface area contributed by atoms with Gasteiger partial charge in [0.05, 0.1) is 0 Å². The normalized spacial score (nSPS) is 21.2. The van der Waals surface area contributed by atoms with Crippen molar-refractivity contribution >= 4 is 46.3 Å². The molecule has 2 aromatic rings. The van der Waals surface area contributed by atoms with Crippen LogP contribution < -0.4 is 10.6 Å². The van der Waals surface area contributed by atoms with Crippen LogP contribution in [0.1, 0.15) is 57.0 Å². The molecule has 2 aliphatic rings. The lowest BCUT2D eigenvalue weighted by Crippen LogP contribution is -2.42. The van der Waals surface area contributed by atoms with Gasteiger partial charge in [-0.3, -0.25) is 9.59 Å². The van der Waals surface area contributed by atoms with E-state index >= 15 is 0 Å². The van der Waals surface area contributed by atoms with Crippen LogP contribution in [-0.4, -0.2) is 59.0 Å². The van der Waals surface area contributed by atoms with E-state index in [4.69, 9.17) is 9.15 Å². The van der Waals surface area contributed by atoms with Crippen molar-refractivity contribution < 1.29 is 23.5 Å². The lowest BCUT2D eigenvalue weighted by atomic mass is 9.85. The minimum atomic E-state index is -0.530. The highest BCUT2D eigenvalue weighted by Gasteiger charge is 2.28. The zero-order chi connectivity index (χ0) is 24.3. The first-order chi connectivity index (χ1) is 16.2. The van der Waals surface area contributed by atoms with Crippen LogP contribution in [0.4, 0.5) is 10.5 Å². The number of rotatable bonds is 4. The highest BCUT2D eigenvalue weighted by atomic mass is 32.2. The van der Waals surface area contributed by atoms with Crippen molar-refractivity contribution in [3.05, 3.63) is 30.0 Å². The fourth-order valence-corrected chi connectivity index (χ4v) is 5.27. The summed E-state index contributed by atoms with van der Waals surface area (Å²) in [6.45, 7) is 6.97. The molecule has 0 spiro atoms. The number of amides is 3. The predicted octanol–water partition coefficient (Wildman–Crippen LogP) is 4.64. The number of alkyl carbamates (subject to hydrolysis) is 1. The number of carbonyl (C=O) groups excluding carboxylic acids is 3. The van der Waals surface area contributed by atoms with E-state index in [1.165, 1.54) is 0 Å². The molecule has 1 saturated heterocycles. The highest BCUT2D eigenvalue weighted by Crippen LogP contribution is 2.28. The maximum absolute atomic E-state index is 12.8. The van der Waals surface area contributed by atoms with Gasteiger partial charge in [-0.1, -0.05) is 0 Å². The molecule has 1 aliphatic heterocycles. The first kappa shape index (κ1) is 24.4. The molecule has 184 valence electrons. The quantitative estimate of drug-likeness (QED) is 0.651. The second-order valence-electron chi connectivity index (χ2n) is 9.95. The number of ether oxygens (including phenoxy) is 1. The summed E-state index contributed by atoms with van der Waals surface area (Å²) in [4.78, 5) is 39.4. The molecule has 9 heteroatoms. The molecule has 3 amide bonds. The topological polar surface area (TPSA) is 101 Å². The van der Waals surface area contributed by atoms with Crippen LogP contribution >= 0.6 is 11.8 Å². The fraction of sp³-hybridized carbons (Fsp3) is 0.560. The highest BCUT2D eigenvalue weighted by molar-refractivity contribution is 7.99. The summed E-state index contributed by atoms with van der Waals surface area (Å²) in [5.74, 6) is 2.01. The molecular weight excluding hydrogens is 454 g/mol. The van der Waals surface area contributed by atoms with Crippen molar-refractivity contribution in [2.24, 2.45) is 5.92 Å². The number of nitrogens with zero attached hydrogens (tertiary/aromatic N) is 1. The number of anilines is 1. The fourth-order valence-electron chi connectivity index (χ4n) is 4.37. The Morgan fingerprint density at radius 1 is 1.06 bits per heavy atom. The Labute approximate surface area is 204 Å². The Balaban J connectivity index is 1.31. The van der Waals surface area contributed by atoms with Gasteiger partial charge in [-0.15, -0.1) is 0 Å². The summed E-state index contributed by atoms with van der Waals surface area (Å²) in [6, 6.07) is 7.20. The number of hydrogen-bond donors (Lipinski definition) is 2. The van der Waals surface area contributed by atoms with Gasteiger partial charge in [0.15, 0.2) is 5.76 Å². The van der Waals surface area contributed by atoms with E-state index < -0.39 is 11.7 Å². The SMILES string of the molecule is CC(C)(C)OC(=O)N[C@H]1CC[C@@H](C(=O)Nc2ccc3oc(C(=O)N4CCSCC4)cc3c2)CC1. The molecule has 34 heavy (non-hydrogen) atoms. The van der Waals surface area contributed by atoms with Crippen LogP contribution in [0.2, 0.25) is 0 Å². The molecule has 2 heterocycles. The number of fused-ring (bicyclic) bond motifs is 1. The van der Waals surface area contributed by atoms with Crippen molar-refractivity contribution in [2.75, 3.05) is 29.9 Å². The number of carbonyl (C=O) groups is 3. The van der Waals surface area contributed by atoms with E-state index in [0.29, 0.717) is 29.9 Å². The molecule has 1 saturated carbocycles. The number of nitrogens with one attached hydrogen (secondary N) is 2. The van der Waals surface area contributed by atoms with E-state index in [2.05, 4.69) is 10.6 Å². The Morgan fingerprint density at radius 3 is 2.44 bits per heavy atom. The molecule has 1 aromatic carbocycles. The number of furan rings is 1. The van der Waals surface area contributed by atoms with Crippen molar-refractivity contribution in [3.63, 3.8) is 0 Å².